The second-order valence-corrected chi connectivity index (χ2v) is 11.9. The molecule has 0 saturated carbocycles. The van der Waals surface area contributed by atoms with Gasteiger partial charge in [-0.15, -0.1) is 0 Å². The van der Waals surface area contributed by atoms with E-state index in [1.807, 2.05) is 34.6 Å². The molecule has 0 spiro atoms. The Labute approximate surface area is 217 Å². The van der Waals surface area contributed by atoms with Gasteiger partial charge in [0, 0.05) is 29.2 Å². The zero-order valence-corrected chi connectivity index (χ0v) is 22.5. The van der Waals surface area contributed by atoms with Gasteiger partial charge in [-0.2, -0.15) is 5.26 Å². The standard InChI is InChI=1S/C27H35ClN4O4/c1-26(2,3)12-16(24(34)30-17(14-29)9-15-13-27(4,5)32-25(15)35)10-21(33)20-11-18-22(36-6)8-7-19(28)23(18)31-20/h7-8,11,15-17,31H,9-10,12-13H2,1-6H3,(H,30,34)(H,32,35)/t15-,16+,17+/m1/s1. The molecule has 3 rings (SSSR count). The van der Waals surface area contributed by atoms with E-state index < -0.39 is 12.0 Å². The molecule has 8 nitrogen and oxygen atoms in total. The summed E-state index contributed by atoms with van der Waals surface area (Å²) in [6.45, 7) is 9.86. The van der Waals surface area contributed by atoms with E-state index >= 15 is 0 Å². The summed E-state index contributed by atoms with van der Waals surface area (Å²) >= 11 is 6.30. The number of H-pyrrole nitrogens is 1. The number of carbonyl (C=O) groups excluding carboxylic acids is 3. The number of nitriles is 1. The van der Waals surface area contributed by atoms with Gasteiger partial charge in [0.1, 0.15) is 11.8 Å². The topological polar surface area (TPSA) is 124 Å². The van der Waals surface area contributed by atoms with Crippen LogP contribution < -0.4 is 15.4 Å². The van der Waals surface area contributed by atoms with Gasteiger partial charge < -0.3 is 20.4 Å². The highest BCUT2D eigenvalue weighted by Crippen LogP contribution is 2.34. The van der Waals surface area contributed by atoms with Crippen LogP contribution in [0.4, 0.5) is 0 Å². The van der Waals surface area contributed by atoms with Gasteiger partial charge in [0.05, 0.1) is 29.4 Å². The fourth-order valence-corrected chi connectivity index (χ4v) is 5.13. The largest absolute Gasteiger partial charge is 0.496 e. The first kappa shape index (κ1) is 27.5. The van der Waals surface area contributed by atoms with Crippen LogP contribution in [0.5, 0.6) is 5.75 Å². The highest BCUT2D eigenvalue weighted by molar-refractivity contribution is 6.35. The van der Waals surface area contributed by atoms with E-state index in [4.69, 9.17) is 16.3 Å². The van der Waals surface area contributed by atoms with Crippen molar-refractivity contribution in [2.75, 3.05) is 7.11 Å². The highest BCUT2D eigenvalue weighted by Gasteiger charge is 2.39. The molecule has 2 heterocycles. The van der Waals surface area contributed by atoms with Crippen molar-refractivity contribution in [2.45, 2.75) is 71.9 Å². The third kappa shape index (κ3) is 6.58. The van der Waals surface area contributed by atoms with E-state index in [-0.39, 0.29) is 47.3 Å². The molecule has 2 aromatic rings. The minimum atomic E-state index is -0.823. The summed E-state index contributed by atoms with van der Waals surface area (Å²) in [7, 11) is 1.54. The zero-order valence-electron chi connectivity index (χ0n) is 21.8. The third-order valence-electron chi connectivity index (χ3n) is 6.47. The maximum absolute atomic E-state index is 13.3. The smallest absolute Gasteiger partial charge is 0.224 e. The normalized spacial score (nSPS) is 18.8. The Bertz CT molecular complexity index is 1200. The number of aromatic nitrogens is 1. The Morgan fingerprint density at radius 1 is 1.33 bits per heavy atom. The number of Topliss-reactive ketones (excluding diaryl/α,β-unsaturated/α-hetero) is 1. The second-order valence-electron chi connectivity index (χ2n) is 11.5. The van der Waals surface area contributed by atoms with E-state index in [2.05, 4.69) is 21.7 Å². The number of halogens is 1. The fraction of sp³-hybridized carbons (Fsp3) is 0.556. The SMILES string of the molecule is COc1ccc(Cl)c2[nH]c(C(=O)C[C@@H](CC(C)(C)C)C(=O)N[C@H](C#N)C[C@@H]3CC(C)(C)NC3=O)cc12. The van der Waals surface area contributed by atoms with E-state index in [9.17, 15) is 19.6 Å². The van der Waals surface area contributed by atoms with Crippen molar-refractivity contribution in [2.24, 2.45) is 17.3 Å². The Morgan fingerprint density at radius 2 is 2.03 bits per heavy atom. The maximum atomic E-state index is 13.3. The lowest BCUT2D eigenvalue weighted by molar-refractivity contribution is -0.127. The Kier molecular flexibility index (Phi) is 8.04. The van der Waals surface area contributed by atoms with Gasteiger partial charge in [-0.25, -0.2) is 0 Å². The van der Waals surface area contributed by atoms with Crippen molar-refractivity contribution in [3.8, 4) is 11.8 Å². The molecule has 1 aliphatic heterocycles. The molecule has 9 heteroatoms. The summed E-state index contributed by atoms with van der Waals surface area (Å²) in [4.78, 5) is 41.9. The van der Waals surface area contributed by atoms with Crippen LogP contribution in [0.1, 0.15) is 70.8 Å². The number of ketones is 1. The number of methoxy groups -OCH3 is 1. The molecule has 0 aliphatic carbocycles. The Morgan fingerprint density at radius 3 is 2.58 bits per heavy atom. The molecule has 0 unspecified atom stereocenters. The molecule has 1 aliphatic rings. The number of hydrogen-bond acceptors (Lipinski definition) is 5. The number of ether oxygens (including phenoxy) is 1. The molecular formula is C27H35ClN4O4. The molecule has 0 bridgehead atoms. The van der Waals surface area contributed by atoms with Crippen molar-refractivity contribution >= 4 is 40.1 Å². The molecule has 194 valence electrons. The quantitative estimate of drug-likeness (QED) is 0.416. The predicted octanol–water partition coefficient (Wildman–Crippen LogP) is 4.77. The summed E-state index contributed by atoms with van der Waals surface area (Å²) in [5, 5.41) is 16.6. The number of aromatic amines is 1. The molecule has 1 fully saturated rings. The number of nitrogens with one attached hydrogen (secondary N) is 3. The van der Waals surface area contributed by atoms with Crippen LogP contribution in [0.25, 0.3) is 10.9 Å². The van der Waals surface area contributed by atoms with Gasteiger partial charge in [0.2, 0.25) is 11.8 Å². The van der Waals surface area contributed by atoms with Crippen LogP contribution in [0.2, 0.25) is 5.02 Å². The van der Waals surface area contributed by atoms with Crippen LogP contribution in [0, 0.1) is 28.6 Å². The molecule has 1 aromatic carbocycles. The van der Waals surface area contributed by atoms with Gasteiger partial charge in [-0.1, -0.05) is 32.4 Å². The van der Waals surface area contributed by atoms with Crippen molar-refractivity contribution in [1.82, 2.24) is 15.6 Å². The predicted molar refractivity (Wildman–Crippen MR) is 139 cm³/mol. The minimum Gasteiger partial charge on any atom is -0.496 e. The summed E-state index contributed by atoms with van der Waals surface area (Å²) in [5.74, 6) is -1.12. The Hall–Kier alpha value is -3.05. The van der Waals surface area contributed by atoms with Gasteiger partial charge >= 0.3 is 0 Å². The Balaban J connectivity index is 1.77. The number of carbonyl (C=O) groups is 3. The average Bonchev–Trinajstić information content (AvgIpc) is 3.33. The molecule has 36 heavy (non-hydrogen) atoms. The summed E-state index contributed by atoms with van der Waals surface area (Å²) in [6.07, 6.45) is 1.24. The fourth-order valence-electron chi connectivity index (χ4n) is 4.92. The first-order chi connectivity index (χ1) is 16.7. The molecule has 1 saturated heterocycles. The number of amides is 2. The van der Waals surface area contributed by atoms with E-state index in [0.29, 0.717) is 40.2 Å². The lowest BCUT2D eigenvalue weighted by Crippen LogP contribution is -2.41. The molecule has 0 radical (unpaired) electrons. The molecule has 1 aromatic heterocycles. The molecule has 3 N–H and O–H groups in total. The van der Waals surface area contributed by atoms with Gasteiger partial charge in [-0.05, 0) is 56.7 Å². The molecule has 2 amide bonds. The lowest BCUT2D eigenvalue weighted by Gasteiger charge is -2.26. The van der Waals surface area contributed by atoms with Crippen LogP contribution >= 0.6 is 11.6 Å². The zero-order chi connectivity index (χ0) is 26.8. The van der Waals surface area contributed by atoms with Crippen molar-refractivity contribution < 1.29 is 19.1 Å². The van der Waals surface area contributed by atoms with Crippen molar-refractivity contribution in [1.29, 1.82) is 5.26 Å². The number of rotatable bonds is 9. The molecule has 3 atom stereocenters. The van der Waals surface area contributed by atoms with E-state index in [0.717, 1.165) is 0 Å². The monoisotopic (exact) mass is 514 g/mol. The summed E-state index contributed by atoms with van der Waals surface area (Å²) in [6, 6.07) is 6.40. The summed E-state index contributed by atoms with van der Waals surface area (Å²) in [5.41, 5.74) is 0.369. The highest BCUT2D eigenvalue weighted by atomic mass is 35.5. The number of nitrogens with zero attached hydrogens (tertiary/aromatic N) is 1. The van der Waals surface area contributed by atoms with Crippen molar-refractivity contribution in [3.63, 3.8) is 0 Å². The third-order valence-corrected chi connectivity index (χ3v) is 6.78. The van der Waals surface area contributed by atoms with Gasteiger partial charge in [-0.3, -0.25) is 14.4 Å². The first-order valence-electron chi connectivity index (χ1n) is 12.1. The summed E-state index contributed by atoms with van der Waals surface area (Å²) < 4.78 is 5.38. The van der Waals surface area contributed by atoms with Crippen LogP contribution in [-0.4, -0.2) is 41.3 Å². The van der Waals surface area contributed by atoms with Crippen LogP contribution in [0.3, 0.4) is 0 Å². The number of fused-ring (bicyclic) bond motifs is 1. The lowest BCUT2D eigenvalue weighted by atomic mass is 9.81. The van der Waals surface area contributed by atoms with Crippen LogP contribution in [0.15, 0.2) is 18.2 Å². The number of benzene rings is 1. The minimum absolute atomic E-state index is 0.0368. The first-order valence-corrected chi connectivity index (χ1v) is 12.5. The van der Waals surface area contributed by atoms with Gasteiger partial charge in [0.25, 0.3) is 0 Å². The van der Waals surface area contributed by atoms with Crippen LogP contribution in [-0.2, 0) is 9.59 Å². The number of hydrogen-bond donors (Lipinski definition) is 3. The van der Waals surface area contributed by atoms with Gasteiger partial charge in [0.15, 0.2) is 5.78 Å². The second kappa shape index (κ2) is 10.5. The molecular weight excluding hydrogens is 480 g/mol. The maximum Gasteiger partial charge on any atom is 0.224 e. The average molecular weight is 515 g/mol. The van der Waals surface area contributed by atoms with Crippen molar-refractivity contribution in [3.05, 3.63) is 28.9 Å². The van der Waals surface area contributed by atoms with E-state index in [1.165, 1.54) is 0 Å². The van der Waals surface area contributed by atoms with E-state index in [1.54, 1.807) is 25.3 Å².